The number of nitrogens with zero attached hydrogens (tertiary/aromatic N) is 3. The Labute approximate surface area is 162 Å². The molecular weight excluding hydrogens is 336 g/mol. The van der Waals surface area contributed by atoms with Crippen LogP contribution in [-0.4, -0.2) is 34.6 Å². The summed E-state index contributed by atoms with van der Waals surface area (Å²) in [6.07, 6.45) is 10.1. The highest BCUT2D eigenvalue weighted by Gasteiger charge is 2.30. The molecule has 5 heteroatoms. The van der Waals surface area contributed by atoms with Crippen LogP contribution in [0, 0.1) is 0 Å². The molecule has 5 nitrogen and oxygen atoms in total. The number of anilines is 1. The molecule has 1 aromatic carbocycles. The van der Waals surface area contributed by atoms with Crippen LogP contribution in [0.1, 0.15) is 70.8 Å². The molecule has 0 spiro atoms. The number of carbonyl (C=O) groups is 1. The monoisotopic (exact) mass is 368 g/mol. The summed E-state index contributed by atoms with van der Waals surface area (Å²) in [6, 6.07) is 9.32. The van der Waals surface area contributed by atoms with Gasteiger partial charge in [-0.2, -0.15) is 0 Å². The minimum Gasteiger partial charge on any atom is -0.352 e. The number of hydrogen-bond acceptors (Lipinski definition) is 3. The lowest BCUT2D eigenvalue weighted by Crippen LogP contribution is -2.37. The van der Waals surface area contributed by atoms with Crippen molar-refractivity contribution in [2.75, 3.05) is 18.0 Å². The van der Waals surface area contributed by atoms with Gasteiger partial charge in [0.25, 0.3) is 0 Å². The Morgan fingerprint density at radius 3 is 2.81 bits per heavy atom. The van der Waals surface area contributed by atoms with Gasteiger partial charge in [-0.05, 0) is 37.8 Å². The minimum absolute atomic E-state index is 0.208. The summed E-state index contributed by atoms with van der Waals surface area (Å²) in [5.41, 5.74) is 2.35. The highest BCUT2D eigenvalue weighted by molar-refractivity contribution is 5.79. The van der Waals surface area contributed by atoms with Gasteiger partial charge in [-0.3, -0.25) is 4.79 Å². The number of fused-ring (bicyclic) bond motifs is 1. The average molecular weight is 369 g/mol. The smallest absolute Gasteiger partial charge is 0.220 e. The molecule has 1 amide bonds. The number of hydrogen-bond donors (Lipinski definition) is 1. The molecule has 1 atom stereocenters. The standard InChI is InChI=1S/C22H32N4O/c1-2-3-4-13-21(27)23-17-14-15-25(16-17)22-24-19-11-7-8-12-20(19)26(22)18-9-5-6-10-18/h7-8,11-12,17-18H,2-6,9-10,13-16H2,1H3,(H,23,27). The van der Waals surface area contributed by atoms with E-state index in [0.29, 0.717) is 12.5 Å². The molecule has 1 aliphatic carbocycles. The molecule has 1 N–H and O–H groups in total. The van der Waals surface area contributed by atoms with E-state index in [1.807, 2.05) is 0 Å². The molecule has 0 bridgehead atoms. The van der Waals surface area contributed by atoms with Gasteiger partial charge in [0.1, 0.15) is 0 Å². The summed E-state index contributed by atoms with van der Waals surface area (Å²) >= 11 is 0. The third kappa shape index (κ3) is 3.97. The average Bonchev–Trinajstić information content (AvgIpc) is 3.40. The molecule has 1 saturated heterocycles. The van der Waals surface area contributed by atoms with Gasteiger partial charge in [-0.1, -0.05) is 44.7 Å². The molecule has 1 saturated carbocycles. The second kappa shape index (κ2) is 8.32. The Kier molecular flexibility index (Phi) is 5.65. The van der Waals surface area contributed by atoms with Crippen LogP contribution in [0.4, 0.5) is 5.95 Å². The molecule has 146 valence electrons. The maximum Gasteiger partial charge on any atom is 0.220 e. The Morgan fingerprint density at radius 2 is 2.00 bits per heavy atom. The zero-order chi connectivity index (χ0) is 18.6. The molecule has 2 aliphatic rings. The number of para-hydroxylation sites is 2. The first-order chi connectivity index (χ1) is 13.3. The van der Waals surface area contributed by atoms with Crippen molar-refractivity contribution in [3.63, 3.8) is 0 Å². The molecule has 4 rings (SSSR count). The van der Waals surface area contributed by atoms with E-state index in [2.05, 4.69) is 46.0 Å². The van der Waals surface area contributed by atoms with Gasteiger partial charge in [0.2, 0.25) is 11.9 Å². The highest BCUT2D eigenvalue weighted by Crippen LogP contribution is 2.37. The lowest BCUT2D eigenvalue weighted by Gasteiger charge is -2.23. The Balaban J connectivity index is 1.48. The zero-order valence-electron chi connectivity index (χ0n) is 16.5. The minimum atomic E-state index is 0.208. The SMILES string of the molecule is CCCCCC(=O)NC1CCN(c2nc3ccccc3n2C2CCCC2)C1. The Morgan fingerprint density at radius 1 is 1.19 bits per heavy atom. The van der Waals surface area contributed by atoms with Crippen LogP contribution < -0.4 is 10.2 Å². The molecule has 1 unspecified atom stereocenters. The number of rotatable bonds is 7. The first-order valence-electron chi connectivity index (χ1n) is 10.8. The fourth-order valence-corrected chi connectivity index (χ4v) is 4.67. The van der Waals surface area contributed by atoms with Crippen molar-refractivity contribution in [2.24, 2.45) is 0 Å². The number of aromatic nitrogens is 2. The van der Waals surface area contributed by atoms with Crippen molar-refractivity contribution < 1.29 is 4.79 Å². The fourth-order valence-electron chi connectivity index (χ4n) is 4.67. The molecular formula is C22H32N4O. The van der Waals surface area contributed by atoms with Gasteiger partial charge in [0.05, 0.1) is 11.0 Å². The topological polar surface area (TPSA) is 50.2 Å². The van der Waals surface area contributed by atoms with E-state index in [-0.39, 0.29) is 11.9 Å². The van der Waals surface area contributed by atoms with Gasteiger partial charge < -0.3 is 14.8 Å². The predicted molar refractivity (Wildman–Crippen MR) is 110 cm³/mol. The molecule has 1 aromatic heterocycles. The molecule has 1 aliphatic heterocycles. The van der Waals surface area contributed by atoms with Gasteiger partial charge in [0.15, 0.2) is 0 Å². The second-order valence-corrected chi connectivity index (χ2v) is 8.17. The largest absolute Gasteiger partial charge is 0.352 e. The highest BCUT2D eigenvalue weighted by atomic mass is 16.1. The van der Waals surface area contributed by atoms with E-state index >= 15 is 0 Å². The molecule has 0 radical (unpaired) electrons. The van der Waals surface area contributed by atoms with Gasteiger partial charge >= 0.3 is 0 Å². The van der Waals surface area contributed by atoms with E-state index in [0.717, 1.165) is 50.2 Å². The number of carbonyl (C=O) groups excluding carboxylic acids is 1. The maximum absolute atomic E-state index is 12.2. The summed E-state index contributed by atoms with van der Waals surface area (Å²) in [6.45, 7) is 4.01. The van der Waals surface area contributed by atoms with Crippen LogP contribution in [0.2, 0.25) is 0 Å². The fraction of sp³-hybridized carbons (Fsp3) is 0.636. The van der Waals surface area contributed by atoms with E-state index in [4.69, 9.17) is 4.98 Å². The first-order valence-corrected chi connectivity index (χ1v) is 10.8. The number of benzene rings is 1. The third-order valence-electron chi connectivity index (χ3n) is 6.11. The van der Waals surface area contributed by atoms with E-state index in [9.17, 15) is 4.79 Å². The normalized spacial score (nSPS) is 20.6. The summed E-state index contributed by atoms with van der Waals surface area (Å²) in [5.74, 6) is 1.31. The molecule has 27 heavy (non-hydrogen) atoms. The summed E-state index contributed by atoms with van der Waals surface area (Å²) in [5, 5.41) is 3.24. The van der Waals surface area contributed by atoms with Crippen LogP contribution in [0.15, 0.2) is 24.3 Å². The van der Waals surface area contributed by atoms with Crippen LogP contribution >= 0.6 is 0 Å². The van der Waals surface area contributed by atoms with Gasteiger partial charge in [-0.15, -0.1) is 0 Å². The van der Waals surface area contributed by atoms with E-state index < -0.39 is 0 Å². The molecule has 2 fully saturated rings. The van der Waals surface area contributed by atoms with Gasteiger partial charge in [0, 0.05) is 31.6 Å². The molecule has 2 aromatic rings. The maximum atomic E-state index is 12.2. The lowest BCUT2D eigenvalue weighted by atomic mass is 10.2. The van der Waals surface area contributed by atoms with Crippen molar-refractivity contribution in [1.29, 1.82) is 0 Å². The van der Waals surface area contributed by atoms with Crippen LogP contribution in [-0.2, 0) is 4.79 Å². The summed E-state index contributed by atoms with van der Waals surface area (Å²) in [7, 11) is 0. The number of amides is 1. The number of unbranched alkanes of at least 4 members (excludes halogenated alkanes) is 2. The number of nitrogens with one attached hydrogen (secondary N) is 1. The van der Waals surface area contributed by atoms with Gasteiger partial charge in [-0.25, -0.2) is 4.98 Å². The van der Waals surface area contributed by atoms with Crippen molar-refractivity contribution in [2.45, 2.75) is 76.8 Å². The van der Waals surface area contributed by atoms with E-state index in [1.54, 1.807) is 0 Å². The quantitative estimate of drug-likeness (QED) is 0.736. The van der Waals surface area contributed by atoms with Crippen LogP contribution in [0.5, 0.6) is 0 Å². The Bertz CT molecular complexity index is 778. The van der Waals surface area contributed by atoms with E-state index in [1.165, 1.54) is 31.2 Å². The van der Waals surface area contributed by atoms with Crippen LogP contribution in [0.3, 0.4) is 0 Å². The van der Waals surface area contributed by atoms with Crippen molar-refractivity contribution in [3.05, 3.63) is 24.3 Å². The summed E-state index contributed by atoms with van der Waals surface area (Å²) < 4.78 is 2.48. The third-order valence-corrected chi connectivity index (χ3v) is 6.11. The predicted octanol–water partition coefficient (Wildman–Crippen LogP) is 4.43. The first kappa shape index (κ1) is 18.3. The zero-order valence-corrected chi connectivity index (χ0v) is 16.5. The van der Waals surface area contributed by atoms with Crippen LogP contribution in [0.25, 0.3) is 11.0 Å². The number of imidazole rings is 1. The molecule has 2 heterocycles. The Hall–Kier alpha value is -2.04. The van der Waals surface area contributed by atoms with Crippen molar-refractivity contribution in [1.82, 2.24) is 14.9 Å². The second-order valence-electron chi connectivity index (χ2n) is 8.17. The van der Waals surface area contributed by atoms with Crippen molar-refractivity contribution in [3.8, 4) is 0 Å². The lowest BCUT2D eigenvalue weighted by molar-refractivity contribution is -0.121. The summed E-state index contributed by atoms with van der Waals surface area (Å²) in [4.78, 5) is 19.6. The van der Waals surface area contributed by atoms with Crippen molar-refractivity contribution >= 4 is 22.9 Å².